The molecular formula is C23H28N2O. The maximum absolute atomic E-state index is 5.75. The number of benzene rings is 2. The van der Waals surface area contributed by atoms with Gasteiger partial charge in [0.05, 0.1) is 5.54 Å². The van der Waals surface area contributed by atoms with E-state index < -0.39 is 0 Å². The number of rotatable bonds is 4. The van der Waals surface area contributed by atoms with Crippen molar-refractivity contribution < 1.29 is 4.74 Å². The Bertz CT molecular complexity index is 757. The number of hydrogen-bond acceptors (Lipinski definition) is 3. The molecule has 26 heavy (non-hydrogen) atoms. The molecule has 2 aliphatic rings. The molecule has 2 aliphatic heterocycles. The molecule has 0 bridgehead atoms. The van der Waals surface area contributed by atoms with Crippen molar-refractivity contribution in [2.24, 2.45) is 4.99 Å². The highest BCUT2D eigenvalue weighted by molar-refractivity contribution is 5.95. The molecule has 0 amide bonds. The van der Waals surface area contributed by atoms with Crippen molar-refractivity contribution in [3.63, 3.8) is 0 Å². The van der Waals surface area contributed by atoms with Crippen molar-refractivity contribution in [2.45, 2.75) is 44.7 Å². The van der Waals surface area contributed by atoms with Gasteiger partial charge in [-0.05, 0) is 69.0 Å². The van der Waals surface area contributed by atoms with Crippen LogP contribution in [0.5, 0.6) is 0 Å². The van der Waals surface area contributed by atoms with Crippen LogP contribution in [0, 0.1) is 0 Å². The van der Waals surface area contributed by atoms with Gasteiger partial charge in [0, 0.05) is 12.1 Å². The highest BCUT2D eigenvalue weighted by Gasteiger charge is 2.27. The lowest BCUT2D eigenvalue weighted by molar-refractivity contribution is 0.204. The molecule has 0 radical (unpaired) electrons. The van der Waals surface area contributed by atoms with E-state index in [0.717, 1.165) is 18.0 Å². The first-order valence-corrected chi connectivity index (χ1v) is 9.68. The van der Waals surface area contributed by atoms with Crippen molar-refractivity contribution in [1.29, 1.82) is 0 Å². The fourth-order valence-electron chi connectivity index (χ4n) is 3.90. The fourth-order valence-corrected chi connectivity index (χ4v) is 3.90. The van der Waals surface area contributed by atoms with Gasteiger partial charge in [0.15, 0.2) is 0 Å². The van der Waals surface area contributed by atoms with Gasteiger partial charge >= 0.3 is 0 Å². The predicted octanol–water partition coefficient (Wildman–Crippen LogP) is 4.62. The summed E-state index contributed by atoms with van der Waals surface area (Å²) in [5.41, 5.74) is 3.86. The quantitative estimate of drug-likeness (QED) is 0.805. The van der Waals surface area contributed by atoms with Gasteiger partial charge in [0.1, 0.15) is 6.61 Å². The van der Waals surface area contributed by atoms with Crippen molar-refractivity contribution >= 4 is 5.90 Å². The second-order valence-corrected chi connectivity index (χ2v) is 8.18. The minimum atomic E-state index is -0.0976. The van der Waals surface area contributed by atoms with E-state index in [4.69, 9.17) is 4.74 Å². The summed E-state index contributed by atoms with van der Waals surface area (Å²) < 4.78 is 5.75. The van der Waals surface area contributed by atoms with Gasteiger partial charge in [0.2, 0.25) is 5.90 Å². The Labute approximate surface area is 156 Å². The molecule has 0 saturated carbocycles. The molecule has 4 rings (SSSR count). The van der Waals surface area contributed by atoms with E-state index in [2.05, 4.69) is 78.3 Å². The summed E-state index contributed by atoms with van der Waals surface area (Å²) >= 11 is 0. The summed E-state index contributed by atoms with van der Waals surface area (Å²) in [6.45, 7) is 8.30. The predicted molar refractivity (Wildman–Crippen MR) is 107 cm³/mol. The molecule has 0 unspecified atom stereocenters. The molecule has 3 nitrogen and oxygen atoms in total. The van der Waals surface area contributed by atoms with Crippen LogP contribution in [0.25, 0.3) is 0 Å². The van der Waals surface area contributed by atoms with Gasteiger partial charge in [-0.2, -0.15) is 0 Å². The van der Waals surface area contributed by atoms with Crippen molar-refractivity contribution in [3.8, 4) is 0 Å². The number of aliphatic imine (C=N–C) groups is 1. The van der Waals surface area contributed by atoms with E-state index in [1.165, 1.54) is 37.1 Å². The Hall–Kier alpha value is -2.13. The Kier molecular flexibility index (Phi) is 4.82. The molecule has 1 saturated heterocycles. The Morgan fingerprint density at radius 2 is 1.69 bits per heavy atom. The van der Waals surface area contributed by atoms with Crippen LogP contribution in [-0.2, 0) is 11.3 Å². The Morgan fingerprint density at radius 3 is 2.31 bits per heavy atom. The topological polar surface area (TPSA) is 24.8 Å². The second kappa shape index (κ2) is 7.24. The summed E-state index contributed by atoms with van der Waals surface area (Å²) in [5.74, 6) is 1.46. The number of hydrogen-bond donors (Lipinski definition) is 0. The van der Waals surface area contributed by atoms with Gasteiger partial charge in [-0.1, -0.05) is 42.5 Å². The van der Waals surface area contributed by atoms with Gasteiger partial charge in [0.25, 0.3) is 0 Å². The molecule has 3 heteroatoms. The summed E-state index contributed by atoms with van der Waals surface area (Å²) in [7, 11) is 0. The minimum Gasteiger partial charge on any atom is -0.475 e. The fraction of sp³-hybridized carbons (Fsp3) is 0.435. The van der Waals surface area contributed by atoms with Crippen LogP contribution < -0.4 is 0 Å². The van der Waals surface area contributed by atoms with Crippen LogP contribution in [0.1, 0.15) is 49.3 Å². The summed E-state index contributed by atoms with van der Waals surface area (Å²) in [6, 6.07) is 19.7. The third-order valence-electron chi connectivity index (χ3n) is 5.43. The largest absolute Gasteiger partial charge is 0.475 e. The standard InChI is InChI=1S/C23H28N2O/c1-23(2)17-26-22(24-23)21-10-8-19(9-11-21)20-12-14-25(15-13-20)16-18-6-4-3-5-7-18/h3-11,20H,12-17H2,1-2H3. The highest BCUT2D eigenvalue weighted by atomic mass is 16.5. The SMILES string of the molecule is CC1(C)COC(c2ccc(C3CCN(Cc4ccccc4)CC3)cc2)=N1. The lowest BCUT2D eigenvalue weighted by atomic mass is 9.89. The lowest BCUT2D eigenvalue weighted by Gasteiger charge is -2.32. The van der Waals surface area contributed by atoms with Crippen molar-refractivity contribution in [1.82, 2.24) is 4.90 Å². The van der Waals surface area contributed by atoms with Crippen molar-refractivity contribution in [2.75, 3.05) is 19.7 Å². The maximum Gasteiger partial charge on any atom is 0.216 e. The molecule has 0 spiro atoms. The van der Waals surface area contributed by atoms with Gasteiger partial charge in [-0.25, -0.2) is 4.99 Å². The molecule has 2 heterocycles. The van der Waals surface area contributed by atoms with Gasteiger partial charge < -0.3 is 4.74 Å². The second-order valence-electron chi connectivity index (χ2n) is 8.18. The average Bonchev–Trinajstić information content (AvgIpc) is 3.03. The molecule has 0 N–H and O–H groups in total. The molecule has 0 aliphatic carbocycles. The van der Waals surface area contributed by atoms with E-state index in [9.17, 15) is 0 Å². The molecule has 0 aromatic heterocycles. The normalized spacial score (nSPS) is 20.6. The molecule has 2 aromatic carbocycles. The molecule has 0 atom stereocenters. The molecule has 136 valence electrons. The molecule has 1 fully saturated rings. The zero-order valence-corrected chi connectivity index (χ0v) is 15.8. The smallest absolute Gasteiger partial charge is 0.216 e. The van der Waals surface area contributed by atoms with E-state index >= 15 is 0 Å². The summed E-state index contributed by atoms with van der Waals surface area (Å²) in [6.07, 6.45) is 2.47. The Morgan fingerprint density at radius 1 is 1.00 bits per heavy atom. The van der Waals surface area contributed by atoms with Gasteiger partial charge in [-0.15, -0.1) is 0 Å². The van der Waals surface area contributed by atoms with E-state index in [-0.39, 0.29) is 5.54 Å². The first-order valence-electron chi connectivity index (χ1n) is 9.68. The van der Waals surface area contributed by atoms with Gasteiger partial charge in [-0.3, -0.25) is 4.90 Å². The third-order valence-corrected chi connectivity index (χ3v) is 5.43. The molecular weight excluding hydrogens is 320 g/mol. The monoisotopic (exact) mass is 348 g/mol. The Balaban J connectivity index is 1.35. The zero-order chi connectivity index (χ0) is 18.0. The summed E-state index contributed by atoms with van der Waals surface area (Å²) in [5, 5.41) is 0. The first-order chi connectivity index (χ1) is 12.6. The number of likely N-dealkylation sites (tertiary alicyclic amines) is 1. The van der Waals surface area contributed by atoms with E-state index in [1.807, 2.05) is 0 Å². The van der Waals surface area contributed by atoms with E-state index in [0.29, 0.717) is 12.5 Å². The van der Waals surface area contributed by atoms with Crippen LogP contribution in [0.15, 0.2) is 59.6 Å². The van der Waals surface area contributed by atoms with Crippen LogP contribution in [0.4, 0.5) is 0 Å². The van der Waals surface area contributed by atoms with Crippen LogP contribution in [0.3, 0.4) is 0 Å². The number of piperidine rings is 1. The first kappa shape index (κ1) is 17.3. The van der Waals surface area contributed by atoms with Crippen LogP contribution >= 0.6 is 0 Å². The van der Waals surface area contributed by atoms with Crippen molar-refractivity contribution in [3.05, 3.63) is 71.3 Å². The van der Waals surface area contributed by atoms with E-state index in [1.54, 1.807) is 0 Å². The van der Waals surface area contributed by atoms with Crippen LogP contribution in [-0.4, -0.2) is 36.0 Å². The lowest BCUT2D eigenvalue weighted by Crippen LogP contribution is -2.32. The zero-order valence-electron chi connectivity index (χ0n) is 15.8. The van der Waals surface area contributed by atoms with Crippen LogP contribution in [0.2, 0.25) is 0 Å². The number of nitrogens with zero attached hydrogens (tertiary/aromatic N) is 2. The third kappa shape index (κ3) is 3.99. The number of ether oxygens (including phenoxy) is 1. The average molecular weight is 348 g/mol. The molecule has 2 aromatic rings. The maximum atomic E-state index is 5.75. The highest BCUT2D eigenvalue weighted by Crippen LogP contribution is 2.29. The summed E-state index contributed by atoms with van der Waals surface area (Å²) in [4.78, 5) is 7.24. The minimum absolute atomic E-state index is 0.0976.